The number of hydrogen-bond acceptors (Lipinski definition) is 7. The molecule has 0 aromatic carbocycles. The molecule has 0 spiro atoms. The Labute approximate surface area is 191 Å². The Kier molecular flexibility index (Phi) is 6.52. The summed E-state index contributed by atoms with van der Waals surface area (Å²) >= 11 is 2.89. The van der Waals surface area contributed by atoms with Crippen molar-refractivity contribution < 1.29 is 13.2 Å². The molecule has 2 aromatic heterocycles. The molecule has 31 heavy (non-hydrogen) atoms. The first-order chi connectivity index (χ1) is 14.7. The van der Waals surface area contributed by atoms with Gasteiger partial charge in [-0.1, -0.05) is 18.7 Å². The fourth-order valence-electron chi connectivity index (χ4n) is 4.66. The van der Waals surface area contributed by atoms with Gasteiger partial charge in [0.2, 0.25) is 5.91 Å². The van der Waals surface area contributed by atoms with Crippen LogP contribution < -0.4 is 5.56 Å². The minimum Gasteiger partial charge on any atom is -0.338 e. The zero-order valence-electron chi connectivity index (χ0n) is 18.2. The van der Waals surface area contributed by atoms with Crippen molar-refractivity contribution in [3.8, 4) is 0 Å². The van der Waals surface area contributed by atoms with E-state index in [1.807, 2.05) is 13.8 Å². The molecular weight excluding hydrogens is 454 g/mol. The van der Waals surface area contributed by atoms with E-state index in [2.05, 4.69) is 6.92 Å². The number of fused-ring (bicyclic) bond motifs is 3. The van der Waals surface area contributed by atoms with Gasteiger partial charge in [-0.15, -0.1) is 11.3 Å². The van der Waals surface area contributed by atoms with Crippen molar-refractivity contribution in [2.45, 2.75) is 64.2 Å². The summed E-state index contributed by atoms with van der Waals surface area (Å²) in [4.78, 5) is 34.7. The first kappa shape index (κ1) is 22.8. The van der Waals surface area contributed by atoms with Gasteiger partial charge >= 0.3 is 0 Å². The second-order valence-corrected chi connectivity index (χ2v) is 12.8. The highest BCUT2D eigenvalue weighted by atomic mass is 32.2. The summed E-state index contributed by atoms with van der Waals surface area (Å²) in [6.45, 7) is 7.01. The van der Waals surface area contributed by atoms with Crippen LogP contribution in [-0.2, 0) is 34.0 Å². The number of hydrogen-bond donors (Lipinski definition) is 0. The number of rotatable bonds is 6. The third-order valence-corrected chi connectivity index (χ3v) is 10.2. The van der Waals surface area contributed by atoms with Gasteiger partial charge in [0, 0.05) is 24.0 Å². The molecule has 0 unspecified atom stereocenters. The van der Waals surface area contributed by atoms with Crippen molar-refractivity contribution in [2.24, 2.45) is 5.92 Å². The molecule has 1 saturated heterocycles. The molecule has 170 valence electrons. The number of aryl methyl sites for hydroxylation is 1. The van der Waals surface area contributed by atoms with E-state index in [-0.39, 0.29) is 34.8 Å². The third-order valence-electron chi connectivity index (χ3n) is 6.33. The van der Waals surface area contributed by atoms with E-state index >= 15 is 0 Å². The number of thioether (sulfide) groups is 1. The normalized spacial score (nSPS) is 22.5. The third kappa shape index (κ3) is 4.43. The molecule has 0 saturated carbocycles. The average molecular weight is 484 g/mol. The summed E-state index contributed by atoms with van der Waals surface area (Å²) in [6, 6.07) is -0.252. The Morgan fingerprint density at radius 1 is 1.32 bits per heavy atom. The molecule has 2 aliphatic rings. The lowest BCUT2D eigenvalue weighted by molar-refractivity contribution is -0.129. The van der Waals surface area contributed by atoms with E-state index in [4.69, 9.17) is 4.98 Å². The molecule has 4 rings (SSSR count). The number of sulfone groups is 1. The molecule has 1 fully saturated rings. The molecule has 1 aliphatic carbocycles. The van der Waals surface area contributed by atoms with Gasteiger partial charge in [-0.2, -0.15) is 0 Å². The summed E-state index contributed by atoms with van der Waals surface area (Å²) in [5.74, 6) is 0.847. The van der Waals surface area contributed by atoms with Gasteiger partial charge < -0.3 is 4.90 Å². The summed E-state index contributed by atoms with van der Waals surface area (Å²) in [5, 5.41) is 1.32. The molecule has 3 heterocycles. The molecule has 10 heteroatoms. The van der Waals surface area contributed by atoms with E-state index in [9.17, 15) is 18.0 Å². The molecule has 0 bridgehead atoms. The predicted molar refractivity (Wildman–Crippen MR) is 126 cm³/mol. The van der Waals surface area contributed by atoms with E-state index in [1.165, 1.54) is 22.2 Å². The molecule has 0 N–H and O–H groups in total. The van der Waals surface area contributed by atoms with Crippen LogP contribution in [0.4, 0.5) is 0 Å². The van der Waals surface area contributed by atoms with Crippen molar-refractivity contribution in [3.05, 3.63) is 20.8 Å². The predicted octanol–water partition coefficient (Wildman–Crippen LogP) is 2.73. The van der Waals surface area contributed by atoms with Crippen LogP contribution in [0.25, 0.3) is 10.2 Å². The van der Waals surface area contributed by atoms with Crippen LogP contribution in [0.5, 0.6) is 0 Å². The fourth-order valence-corrected chi connectivity index (χ4v) is 8.77. The second-order valence-electron chi connectivity index (χ2n) is 8.50. The zero-order chi connectivity index (χ0) is 22.3. The summed E-state index contributed by atoms with van der Waals surface area (Å²) in [5.41, 5.74) is 1.16. The Bertz CT molecular complexity index is 1170. The second kappa shape index (κ2) is 8.86. The summed E-state index contributed by atoms with van der Waals surface area (Å²) < 4.78 is 25.3. The van der Waals surface area contributed by atoms with Gasteiger partial charge in [0.25, 0.3) is 5.56 Å². The van der Waals surface area contributed by atoms with Gasteiger partial charge in [-0.05, 0) is 51.0 Å². The van der Waals surface area contributed by atoms with Crippen molar-refractivity contribution in [3.63, 3.8) is 0 Å². The first-order valence-electron chi connectivity index (χ1n) is 10.9. The zero-order valence-corrected chi connectivity index (χ0v) is 20.7. The number of amides is 1. The van der Waals surface area contributed by atoms with Gasteiger partial charge in [0.15, 0.2) is 15.0 Å². The molecule has 0 radical (unpaired) electrons. The highest BCUT2D eigenvalue weighted by molar-refractivity contribution is 7.99. The van der Waals surface area contributed by atoms with Crippen molar-refractivity contribution in [1.82, 2.24) is 14.5 Å². The van der Waals surface area contributed by atoms with Crippen LogP contribution in [0.3, 0.4) is 0 Å². The van der Waals surface area contributed by atoms with Gasteiger partial charge in [-0.25, -0.2) is 13.4 Å². The average Bonchev–Trinajstić information content (AvgIpc) is 3.25. The van der Waals surface area contributed by atoms with Gasteiger partial charge in [-0.3, -0.25) is 14.2 Å². The van der Waals surface area contributed by atoms with Crippen molar-refractivity contribution in [2.75, 3.05) is 23.8 Å². The Morgan fingerprint density at radius 2 is 2.10 bits per heavy atom. The molecule has 2 atom stereocenters. The van der Waals surface area contributed by atoms with E-state index in [1.54, 1.807) is 20.8 Å². The SMILES string of the molecule is CCN(C(=O)CSc1nc2sc3c(c2c(=O)n1CC)CC[C@H](C)C3)[C@H]1CCS(=O)(=O)C1. The lowest BCUT2D eigenvalue weighted by Crippen LogP contribution is -2.42. The van der Waals surface area contributed by atoms with Crippen LogP contribution in [0.2, 0.25) is 0 Å². The quantitative estimate of drug-likeness (QED) is 0.464. The highest BCUT2D eigenvalue weighted by Crippen LogP contribution is 2.36. The number of nitrogens with zero attached hydrogens (tertiary/aromatic N) is 3. The Hall–Kier alpha value is -1.39. The van der Waals surface area contributed by atoms with Crippen LogP contribution in [0.1, 0.15) is 44.1 Å². The van der Waals surface area contributed by atoms with E-state index in [0.717, 1.165) is 29.5 Å². The van der Waals surface area contributed by atoms with Crippen molar-refractivity contribution in [1.29, 1.82) is 0 Å². The maximum atomic E-state index is 13.3. The number of thiophene rings is 1. The van der Waals surface area contributed by atoms with Gasteiger partial charge in [0.1, 0.15) is 4.83 Å². The number of aromatic nitrogens is 2. The minimum atomic E-state index is -3.05. The van der Waals surface area contributed by atoms with Crippen LogP contribution in [-0.4, -0.2) is 58.6 Å². The summed E-state index contributed by atoms with van der Waals surface area (Å²) in [7, 11) is -3.05. The first-order valence-corrected chi connectivity index (χ1v) is 14.5. The number of carbonyl (C=O) groups excluding carboxylic acids is 1. The van der Waals surface area contributed by atoms with Gasteiger partial charge in [0.05, 0.1) is 22.6 Å². The topological polar surface area (TPSA) is 89.3 Å². The molecule has 1 aliphatic heterocycles. The molecule has 7 nitrogen and oxygen atoms in total. The number of carbonyl (C=O) groups is 1. The van der Waals surface area contributed by atoms with Crippen LogP contribution in [0, 0.1) is 5.92 Å². The lowest BCUT2D eigenvalue weighted by Gasteiger charge is -2.26. The van der Waals surface area contributed by atoms with E-state index in [0.29, 0.717) is 30.6 Å². The maximum absolute atomic E-state index is 13.3. The lowest BCUT2D eigenvalue weighted by atomic mass is 9.89. The van der Waals surface area contributed by atoms with Crippen LogP contribution >= 0.6 is 23.1 Å². The standard InChI is InChI=1S/C21H29N3O4S3/c1-4-23(14-8-9-31(27,28)12-14)17(25)11-29-21-22-19-18(20(26)24(21)5-2)15-7-6-13(3)10-16(15)30-19/h13-14H,4-12H2,1-3H3/t13-,14-/m0/s1. The molecule has 1 amide bonds. The van der Waals surface area contributed by atoms with Crippen LogP contribution in [0.15, 0.2) is 9.95 Å². The Morgan fingerprint density at radius 3 is 2.74 bits per heavy atom. The monoisotopic (exact) mass is 483 g/mol. The minimum absolute atomic E-state index is 0.0104. The smallest absolute Gasteiger partial charge is 0.263 e. The summed E-state index contributed by atoms with van der Waals surface area (Å²) in [6.07, 6.45) is 3.52. The molecule has 2 aromatic rings. The highest BCUT2D eigenvalue weighted by Gasteiger charge is 2.34. The van der Waals surface area contributed by atoms with E-state index < -0.39 is 9.84 Å². The maximum Gasteiger partial charge on any atom is 0.263 e. The van der Waals surface area contributed by atoms with Crippen molar-refractivity contribution >= 4 is 49.1 Å². The fraction of sp³-hybridized carbons (Fsp3) is 0.667. The molecular formula is C21H29N3O4S3. The largest absolute Gasteiger partial charge is 0.338 e. The Balaban J connectivity index is 1.58.